The summed E-state index contributed by atoms with van der Waals surface area (Å²) in [5.74, 6) is 0.236. The molecule has 1 aromatic rings. The average molecular weight is 394 g/mol. The number of amides is 1. The third kappa shape index (κ3) is 4.89. The Morgan fingerprint density at radius 1 is 0.926 bits per heavy atom. The van der Waals surface area contributed by atoms with Crippen molar-refractivity contribution in [3.8, 4) is 0 Å². The fourth-order valence-corrected chi connectivity index (χ4v) is 5.28. The second-order valence-electron chi connectivity index (χ2n) is 7.68. The van der Waals surface area contributed by atoms with Gasteiger partial charge in [0.1, 0.15) is 0 Å². The molecule has 2 fully saturated rings. The van der Waals surface area contributed by atoms with Crippen molar-refractivity contribution in [3.63, 3.8) is 0 Å². The molecule has 0 saturated carbocycles. The van der Waals surface area contributed by atoms with Crippen molar-refractivity contribution in [2.75, 3.05) is 45.8 Å². The summed E-state index contributed by atoms with van der Waals surface area (Å²) in [4.78, 5) is 16.9. The molecule has 27 heavy (non-hydrogen) atoms. The van der Waals surface area contributed by atoms with Crippen LogP contribution in [-0.2, 0) is 14.8 Å². The number of piperazine rings is 1. The first-order valence-electron chi connectivity index (χ1n) is 9.95. The van der Waals surface area contributed by atoms with E-state index < -0.39 is 10.0 Å². The molecule has 2 saturated heterocycles. The average Bonchev–Trinajstić information content (AvgIpc) is 2.69. The molecular weight excluding hydrogens is 362 g/mol. The number of nitrogens with zero attached hydrogens (tertiary/aromatic N) is 3. The van der Waals surface area contributed by atoms with Gasteiger partial charge in [0.15, 0.2) is 0 Å². The number of sulfonamides is 1. The monoisotopic (exact) mass is 393 g/mol. The quantitative estimate of drug-likeness (QED) is 0.768. The normalized spacial score (nSPS) is 20.0. The number of rotatable bonds is 5. The molecule has 2 aliphatic heterocycles. The summed E-state index contributed by atoms with van der Waals surface area (Å²) in [7, 11) is -3.44. The maximum atomic E-state index is 12.9. The van der Waals surface area contributed by atoms with Gasteiger partial charge in [-0.3, -0.25) is 4.79 Å². The molecule has 1 aromatic carbocycles. The Bertz CT molecular complexity index is 765. The summed E-state index contributed by atoms with van der Waals surface area (Å²) in [6.45, 7) is 8.73. The Labute approximate surface area is 163 Å². The number of piperidine rings is 1. The number of hydrogen-bond acceptors (Lipinski definition) is 4. The Kier molecular flexibility index (Phi) is 6.55. The van der Waals surface area contributed by atoms with Crippen LogP contribution in [0.25, 0.3) is 0 Å². The minimum atomic E-state index is -3.44. The fourth-order valence-electron chi connectivity index (χ4n) is 3.77. The van der Waals surface area contributed by atoms with Gasteiger partial charge in [-0.2, -0.15) is 4.31 Å². The van der Waals surface area contributed by atoms with E-state index in [2.05, 4.69) is 4.90 Å². The van der Waals surface area contributed by atoms with E-state index in [1.54, 1.807) is 16.4 Å². The topological polar surface area (TPSA) is 60.9 Å². The van der Waals surface area contributed by atoms with Crippen LogP contribution in [0.3, 0.4) is 0 Å². The van der Waals surface area contributed by atoms with Gasteiger partial charge in [0.25, 0.3) is 0 Å². The molecule has 0 spiro atoms. The lowest BCUT2D eigenvalue weighted by atomic mass is 10.1. The summed E-state index contributed by atoms with van der Waals surface area (Å²) in [6, 6.07) is 5.32. The summed E-state index contributed by atoms with van der Waals surface area (Å²) in [5.41, 5.74) is 2.09. The summed E-state index contributed by atoms with van der Waals surface area (Å²) < 4.78 is 27.3. The van der Waals surface area contributed by atoms with Crippen LogP contribution < -0.4 is 0 Å². The zero-order chi connectivity index (χ0) is 19.4. The molecule has 2 heterocycles. The van der Waals surface area contributed by atoms with Crippen molar-refractivity contribution in [1.29, 1.82) is 0 Å². The second-order valence-corrected chi connectivity index (χ2v) is 9.62. The minimum Gasteiger partial charge on any atom is -0.343 e. The van der Waals surface area contributed by atoms with Gasteiger partial charge in [-0.1, -0.05) is 6.07 Å². The Morgan fingerprint density at radius 2 is 1.59 bits per heavy atom. The van der Waals surface area contributed by atoms with E-state index in [0.717, 1.165) is 37.1 Å². The number of hydrogen-bond donors (Lipinski definition) is 0. The highest BCUT2D eigenvalue weighted by Crippen LogP contribution is 2.20. The highest BCUT2D eigenvalue weighted by atomic mass is 32.2. The van der Waals surface area contributed by atoms with Gasteiger partial charge >= 0.3 is 0 Å². The zero-order valence-corrected chi connectivity index (χ0v) is 17.3. The first-order chi connectivity index (χ1) is 12.9. The van der Waals surface area contributed by atoms with Gasteiger partial charge in [-0.05, 0) is 56.4 Å². The largest absolute Gasteiger partial charge is 0.343 e. The third-order valence-electron chi connectivity index (χ3n) is 5.80. The minimum absolute atomic E-state index is 0.236. The van der Waals surface area contributed by atoms with E-state index in [1.165, 1.54) is 6.42 Å². The standard InChI is InChI=1S/C20H31N3O3S/c1-17-6-7-19(16-18(17)2)27(25,26)23-14-12-21(13-15-23)11-8-20(24)22-9-4-3-5-10-22/h6-7,16H,3-5,8-15H2,1-2H3. The first-order valence-corrected chi connectivity index (χ1v) is 11.4. The summed E-state index contributed by atoms with van der Waals surface area (Å²) >= 11 is 0. The molecule has 150 valence electrons. The zero-order valence-electron chi connectivity index (χ0n) is 16.5. The van der Waals surface area contributed by atoms with Crippen molar-refractivity contribution in [3.05, 3.63) is 29.3 Å². The molecular formula is C20H31N3O3S. The number of carbonyl (C=O) groups is 1. The molecule has 0 unspecified atom stereocenters. The molecule has 0 atom stereocenters. The van der Waals surface area contributed by atoms with E-state index in [0.29, 0.717) is 44.0 Å². The van der Waals surface area contributed by atoms with E-state index >= 15 is 0 Å². The van der Waals surface area contributed by atoms with E-state index in [4.69, 9.17) is 0 Å². The second kappa shape index (κ2) is 8.71. The molecule has 6 nitrogen and oxygen atoms in total. The van der Waals surface area contributed by atoms with Crippen LogP contribution in [-0.4, -0.2) is 74.2 Å². The van der Waals surface area contributed by atoms with Crippen molar-refractivity contribution < 1.29 is 13.2 Å². The van der Waals surface area contributed by atoms with Crippen LogP contribution in [0.4, 0.5) is 0 Å². The Balaban J connectivity index is 1.50. The van der Waals surface area contributed by atoms with Crippen LogP contribution >= 0.6 is 0 Å². The molecule has 3 rings (SSSR count). The van der Waals surface area contributed by atoms with E-state index in [1.807, 2.05) is 24.8 Å². The lowest BCUT2D eigenvalue weighted by Gasteiger charge is -2.34. The summed E-state index contributed by atoms with van der Waals surface area (Å²) in [6.07, 6.45) is 3.98. The SMILES string of the molecule is Cc1ccc(S(=O)(=O)N2CCN(CCC(=O)N3CCCCC3)CC2)cc1C. The first kappa shape index (κ1) is 20.3. The predicted octanol–water partition coefficient (Wildman–Crippen LogP) is 2.01. The van der Waals surface area contributed by atoms with E-state index in [9.17, 15) is 13.2 Å². The van der Waals surface area contributed by atoms with Gasteiger partial charge in [-0.25, -0.2) is 8.42 Å². The van der Waals surface area contributed by atoms with Gasteiger partial charge < -0.3 is 9.80 Å². The van der Waals surface area contributed by atoms with Gasteiger partial charge in [-0.15, -0.1) is 0 Å². The van der Waals surface area contributed by atoms with Crippen LogP contribution in [0.2, 0.25) is 0 Å². The lowest BCUT2D eigenvalue weighted by Crippen LogP contribution is -2.49. The fraction of sp³-hybridized carbons (Fsp3) is 0.650. The van der Waals surface area contributed by atoms with Crippen molar-refractivity contribution in [2.24, 2.45) is 0 Å². The number of likely N-dealkylation sites (tertiary alicyclic amines) is 1. The molecule has 0 aromatic heterocycles. The van der Waals surface area contributed by atoms with Crippen LogP contribution in [0.15, 0.2) is 23.1 Å². The number of benzene rings is 1. The molecule has 0 radical (unpaired) electrons. The lowest BCUT2D eigenvalue weighted by molar-refractivity contribution is -0.132. The highest BCUT2D eigenvalue weighted by Gasteiger charge is 2.29. The van der Waals surface area contributed by atoms with E-state index in [-0.39, 0.29) is 5.91 Å². The predicted molar refractivity (Wildman–Crippen MR) is 106 cm³/mol. The third-order valence-corrected chi connectivity index (χ3v) is 7.69. The van der Waals surface area contributed by atoms with Crippen molar-refractivity contribution in [1.82, 2.24) is 14.1 Å². The van der Waals surface area contributed by atoms with Gasteiger partial charge in [0, 0.05) is 52.2 Å². The smallest absolute Gasteiger partial charge is 0.243 e. The van der Waals surface area contributed by atoms with Crippen LogP contribution in [0, 0.1) is 13.8 Å². The molecule has 0 bridgehead atoms. The summed E-state index contributed by atoms with van der Waals surface area (Å²) in [5, 5.41) is 0. The van der Waals surface area contributed by atoms with Gasteiger partial charge in [0.2, 0.25) is 15.9 Å². The maximum Gasteiger partial charge on any atom is 0.243 e. The van der Waals surface area contributed by atoms with Crippen LogP contribution in [0.1, 0.15) is 36.8 Å². The Hall–Kier alpha value is -1.44. The highest BCUT2D eigenvalue weighted by molar-refractivity contribution is 7.89. The van der Waals surface area contributed by atoms with Crippen molar-refractivity contribution in [2.45, 2.75) is 44.4 Å². The molecule has 0 N–H and O–H groups in total. The number of carbonyl (C=O) groups excluding carboxylic acids is 1. The number of aryl methyl sites for hydroxylation is 2. The molecule has 1 amide bonds. The maximum absolute atomic E-state index is 12.9. The van der Waals surface area contributed by atoms with Crippen LogP contribution in [0.5, 0.6) is 0 Å². The molecule has 2 aliphatic rings. The van der Waals surface area contributed by atoms with Crippen molar-refractivity contribution >= 4 is 15.9 Å². The molecule has 0 aliphatic carbocycles. The Morgan fingerprint density at radius 3 is 2.22 bits per heavy atom. The van der Waals surface area contributed by atoms with Gasteiger partial charge in [0.05, 0.1) is 4.90 Å². The molecule has 7 heteroatoms.